The fourth-order valence-corrected chi connectivity index (χ4v) is 1.67. The number of benzene rings is 2. The van der Waals surface area contributed by atoms with E-state index in [-0.39, 0.29) is 11.5 Å². The van der Waals surface area contributed by atoms with E-state index in [1.165, 1.54) is 0 Å². The van der Waals surface area contributed by atoms with Crippen molar-refractivity contribution < 1.29 is 10.2 Å². The number of hydrogen-bond acceptors (Lipinski definition) is 4. The Kier molecular flexibility index (Phi) is 1.71. The van der Waals surface area contributed by atoms with Crippen LogP contribution in [0.5, 0.6) is 11.5 Å². The molecule has 0 atom stereocenters. The van der Waals surface area contributed by atoms with Crippen LogP contribution in [-0.2, 0) is 0 Å². The molecule has 1 aromatic heterocycles. The van der Waals surface area contributed by atoms with Crippen LogP contribution in [0.2, 0.25) is 0 Å². The summed E-state index contributed by atoms with van der Waals surface area (Å²) in [7, 11) is 0. The minimum absolute atomic E-state index is 0.111. The number of hydrogen-bond donors (Lipinski definition) is 2. The monoisotopic (exact) mass is 212 g/mol. The summed E-state index contributed by atoms with van der Waals surface area (Å²) in [5.41, 5.74) is 2.34. The van der Waals surface area contributed by atoms with Gasteiger partial charge in [-0.1, -0.05) is 6.07 Å². The second-order valence-corrected chi connectivity index (χ2v) is 3.54. The molecule has 0 bridgehead atoms. The van der Waals surface area contributed by atoms with Crippen LogP contribution in [0.25, 0.3) is 22.1 Å². The predicted molar refractivity (Wildman–Crippen MR) is 60.4 cm³/mol. The highest BCUT2D eigenvalue weighted by molar-refractivity contribution is 5.89. The van der Waals surface area contributed by atoms with E-state index < -0.39 is 0 Å². The van der Waals surface area contributed by atoms with E-state index >= 15 is 0 Å². The number of rotatable bonds is 0. The van der Waals surface area contributed by atoms with Crippen LogP contribution in [0.15, 0.2) is 36.4 Å². The molecule has 0 aliphatic carbocycles. The molecule has 0 unspecified atom stereocenters. The molecule has 2 N–H and O–H groups in total. The van der Waals surface area contributed by atoms with Gasteiger partial charge in [0.1, 0.15) is 17.0 Å². The van der Waals surface area contributed by atoms with Gasteiger partial charge in [-0.15, -0.1) is 0 Å². The van der Waals surface area contributed by atoms with E-state index in [4.69, 9.17) is 0 Å². The van der Waals surface area contributed by atoms with Crippen molar-refractivity contribution in [3.8, 4) is 11.5 Å². The van der Waals surface area contributed by atoms with Crippen LogP contribution < -0.4 is 0 Å². The molecule has 4 nitrogen and oxygen atoms in total. The third-order valence-electron chi connectivity index (χ3n) is 2.43. The topological polar surface area (TPSA) is 66.2 Å². The van der Waals surface area contributed by atoms with Gasteiger partial charge < -0.3 is 10.2 Å². The van der Waals surface area contributed by atoms with Crippen molar-refractivity contribution in [2.75, 3.05) is 0 Å². The Morgan fingerprint density at radius 1 is 0.812 bits per heavy atom. The maximum absolute atomic E-state index is 9.63. The molecule has 16 heavy (non-hydrogen) atoms. The maximum Gasteiger partial charge on any atom is 0.143 e. The molecule has 0 amide bonds. The molecule has 4 heteroatoms. The average molecular weight is 212 g/mol. The fraction of sp³-hybridized carbons (Fsp3) is 0. The van der Waals surface area contributed by atoms with Crippen LogP contribution in [0.4, 0.5) is 0 Å². The van der Waals surface area contributed by atoms with E-state index in [1.807, 2.05) is 0 Å². The molecule has 3 rings (SSSR count). The van der Waals surface area contributed by atoms with Crippen LogP contribution in [0.1, 0.15) is 0 Å². The Labute approximate surface area is 90.8 Å². The number of aromatic hydroxyl groups is 2. The Bertz CT molecular complexity index is 694. The van der Waals surface area contributed by atoms with Crippen molar-refractivity contribution in [3.05, 3.63) is 36.4 Å². The zero-order valence-electron chi connectivity index (χ0n) is 8.25. The SMILES string of the molecule is Oc1ccc2nc3c(O)cccc3nc2c1. The largest absolute Gasteiger partial charge is 0.508 e. The van der Waals surface area contributed by atoms with Crippen molar-refractivity contribution in [2.45, 2.75) is 0 Å². The van der Waals surface area contributed by atoms with E-state index in [0.29, 0.717) is 22.1 Å². The van der Waals surface area contributed by atoms with Gasteiger partial charge in [0.2, 0.25) is 0 Å². The third-order valence-corrected chi connectivity index (χ3v) is 2.43. The minimum Gasteiger partial charge on any atom is -0.508 e. The lowest BCUT2D eigenvalue weighted by atomic mass is 10.2. The number of phenolic OH excluding ortho intramolecular Hbond substituents is 2. The van der Waals surface area contributed by atoms with Crippen molar-refractivity contribution in [1.82, 2.24) is 9.97 Å². The first-order chi connectivity index (χ1) is 7.74. The van der Waals surface area contributed by atoms with Crippen LogP contribution >= 0.6 is 0 Å². The molecule has 1 heterocycles. The van der Waals surface area contributed by atoms with Gasteiger partial charge >= 0.3 is 0 Å². The van der Waals surface area contributed by atoms with E-state index in [2.05, 4.69) is 9.97 Å². The molecule has 2 aromatic carbocycles. The van der Waals surface area contributed by atoms with Gasteiger partial charge in [-0.25, -0.2) is 9.97 Å². The molecule has 0 radical (unpaired) electrons. The number of para-hydroxylation sites is 1. The molecule has 0 aliphatic heterocycles. The summed E-state index contributed by atoms with van der Waals surface area (Å²) in [6.07, 6.45) is 0. The molecule has 0 fully saturated rings. The average Bonchev–Trinajstić information content (AvgIpc) is 2.27. The van der Waals surface area contributed by atoms with Gasteiger partial charge in [-0.2, -0.15) is 0 Å². The van der Waals surface area contributed by atoms with Gasteiger partial charge in [0.25, 0.3) is 0 Å². The molecule has 0 aliphatic rings. The van der Waals surface area contributed by atoms with Crippen molar-refractivity contribution in [1.29, 1.82) is 0 Å². The molecule has 0 saturated carbocycles. The Hall–Kier alpha value is -2.36. The van der Waals surface area contributed by atoms with Crippen molar-refractivity contribution >= 4 is 22.1 Å². The van der Waals surface area contributed by atoms with Crippen molar-refractivity contribution in [2.24, 2.45) is 0 Å². The van der Waals surface area contributed by atoms with E-state index in [9.17, 15) is 10.2 Å². The van der Waals surface area contributed by atoms with Gasteiger partial charge in [-0.05, 0) is 24.3 Å². The van der Waals surface area contributed by atoms with Gasteiger partial charge in [0, 0.05) is 6.07 Å². The van der Waals surface area contributed by atoms with Crippen LogP contribution in [0, 0.1) is 0 Å². The summed E-state index contributed by atoms with van der Waals surface area (Å²) in [4.78, 5) is 8.61. The molecule has 0 spiro atoms. The van der Waals surface area contributed by atoms with E-state index in [1.54, 1.807) is 36.4 Å². The second-order valence-electron chi connectivity index (χ2n) is 3.54. The summed E-state index contributed by atoms with van der Waals surface area (Å²) in [5, 5.41) is 19.0. The first kappa shape index (κ1) is 8.91. The lowest BCUT2D eigenvalue weighted by Gasteiger charge is -2.02. The predicted octanol–water partition coefficient (Wildman–Crippen LogP) is 2.19. The summed E-state index contributed by atoms with van der Waals surface area (Å²) in [6, 6.07) is 9.81. The lowest BCUT2D eigenvalue weighted by Crippen LogP contribution is -1.87. The van der Waals surface area contributed by atoms with Crippen LogP contribution in [-0.4, -0.2) is 20.2 Å². The first-order valence-electron chi connectivity index (χ1n) is 4.82. The fourth-order valence-electron chi connectivity index (χ4n) is 1.67. The highest BCUT2D eigenvalue weighted by Gasteiger charge is 2.05. The third kappa shape index (κ3) is 1.24. The number of phenols is 2. The standard InChI is InChI=1S/C12H8N2O2/c15-7-4-5-8-10(6-7)13-9-2-1-3-11(16)12(9)14-8/h1-6,15-16H. The highest BCUT2D eigenvalue weighted by Crippen LogP contribution is 2.24. The number of aromatic nitrogens is 2. The molecule has 78 valence electrons. The summed E-state index contributed by atoms with van der Waals surface area (Å²) in [6.45, 7) is 0. The minimum atomic E-state index is 0.111. The van der Waals surface area contributed by atoms with Gasteiger partial charge in [0.05, 0.1) is 16.6 Å². The second kappa shape index (κ2) is 3.06. The summed E-state index contributed by atoms with van der Waals surface area (Å²) >= 11 is 0. The highest BCUT2D eigenvalue weighted by atomic mass is 16.3. The quantitative estimate of drug-likeness (QED) is 0.560. The normalized spacial score (nSPS) is 11.0. The first-order valence-corrected chi connectivity index (χ1v) is 4.82. The summed E-state index contributed by atoms with van der Waals surface area (Å²) < 4.78 is 0. The number of fused-ring (bicyclic) bond motifs is 2. The molecule has 0 saturated heterocycles. The zero-order valence-corrected chi connectivity index (χ0v) is 8.25. The molecular weight excluding hydrogens is 204 g/mol. The Morgan fingerprint density at radius 3 is 2.56 bits per heavy atom. The van der Waals surface area contributed by atoms with Gasteiger partial charge in [0.15, 0.2) is 0 Å². The molecule has 3 aromatic rings. The smallest absolute Gasteiger partial charge is 0.143 e. The lowest BCUT2D eigenvalue weighted by molar-refractivity contribution is 0.476. The Balaban J connectivity index is 2.49. The van der Waals surface area contributed by atoms with E-state index in [0.717, 1.165) is 0 Å². The zero-order chi connectivity index (χ0) is 11.1. The Morgan fingerprint density at radius 2 is 1.69 bits per heavy atom. The van der Waals surface area contributed by atoms with Gasteiger partial charge in [-0.3, -0.25) is 0 Å². The number of nitrogens with zero attached hydrogens (tertiary/aromatic N) is 2. The maximum atomic E-state index is 9.63. The van der Waals surface area contributed by atoms with Crippen molar-refractivity contribution in [3.63, 3.8) is 0 Å². The molecular formula is C12H8N2O2. The summed E-state index contributed by atoms with van der Waals surface area (Å²) in [5.74, 6) is 0.265. The van der Waals surface area contributed by atoms with Crippen LogP contribution in [0.3, 0.4) is 0 Å².